The minimum atomic E-state index is -0.764. The number of carbonyl (C=O) groups excluding carboxylic acids is 1. The van der Waals surface area contributed by atoms with Gasteiger partial charge < -0.3 is 4.74 Å². The van der Waals surface area contributed by atoms with Crippen molar-refractivity contribution in [3.05, 3.63) is 90.0 Å². The maximum atomic E-state index is 14.6. The Morgan fingerprint density at radius 1 is 0.966 bits per heavy atom. The summed E-state index contributed by atoms with van der Waals surface area (Å²) in [6.07, 6.45) is 6.10. The first-order valence-electron chi connectivity index (χ1n) is 9.87. The van der Waals surface area contributed by atoms with Crippen molar-refractivity contribution in [3.8, 4) is 5.75 Å². The third kappa shape index (κ3) is 4.07. The molecule has 0 radical (unpaired) electrons. The average Bonchev–Trinajstić information content (AvgIpc) is 2.73. The van der Waals surface area contributed by atoms with E-state index in [9.17, 15) is 13.6 Å². The highest BCUT2D eigenvalue weighted by atomic mass is 19.1. The molecule has 0 N–H and O–H groups in total. The zero-order valence-corrected chi connectivity index (χ0v) is 16.0. The molecule has 2 nitrogen and oxygen atoms in total. The van der Waals surface area contributed by atoms with Gasteiger partial charge in [-0.15, -0.1) is 6.58 Å². The molecule has 29 heavy (non-hydrogen) atoms. The number of fused-ring (bicyclic) bond motifs is 1. The zero-order chi connectivity index (χ0) is 20.4. The van der Waals surface area contributed by atoms with E-state index in [1.54, 1.807) is 24.3 Å². The minimum absolute atomic E-state index is 0.104. The lowest BCUT2D eigenvalue weighted by Gasteiger charge is -2.27. The van der Waals surface area contributed by atoms with Crippen molar-refractivity contribution in [1.82, 2.24) is 0 Å². The average molecular weight is 392 g/mol. The Morgan fingerprint density at radius 2 is 1.76 bits per heavy atom. The van der Waals surface area contributed by atoms with Gasteiger partial charge in [-0.3, -0.25) is 0 Å². The van der Waals surface area contributed by atoms with E-state index in [2.05, 4.69) is 6.58 Å². The summed E-state index contributed by atoms with van der Waals surface area (Å²) >= 11 is 0. The van der Waals surface area contributed by atoms with Gasteiger partial charge in [0.15, 0.2) is 0 Å². The van der Waals surface area contributed by atoms with Gasteiger partial charge in [0.05, 0.1) is 5.56 Å². The van der Waals surface area contributed by atoms with Crippen molar-refractivity contribution in [1.29, 1.82) is 0 Å². The standard InChI is InChI=1S/C25H22F2O2/c1-2-16-6-8-17(9-7-16)18-10-12-22(24(27)15-18)25(28)29-20-11-13-21-19(14-20)4-3-5-23(21)26/h2-5,10-17H,1,6-9H2. The van der Waals surface area contributed by atoms with Gasteiger partial charge in [-0.05, 0) is 84.9 Å². The second kappa shape index (κ2) is 8.16. The summed E-state index contributed by atoms with van der Waals surface area (Å²) in [4.78, 5) is 12.5. The summed E-state index contributed by atoms with van der Waals surface area (Å²) in [7, 11) is 0. The number of rotatable bonds is 4. The predicted molar refractivity (Wildman–Crippen MR) is 110 cm³/mol. The molecule has 0 aliphatic heterocycles. The second-order valence-electron chi connectivity index (χ2n) is 7.60. The van der Waals surface area contributed by atoms with Crippen molar-refractivity contribution in [2.45, 2.75) is 31.6 Å². The van der Waals surface area contributed by atoms with Crippen molar-refractivity contribution < 1.29 is 18.3 Å². The normalized spacial score (nSPS) is 19.1. The fraction of sp³-hybridized carbons (Fsp3) is 0.240. The number of ether oxygens (including phenoxy) is 1. The number of carbonyl (C=O) groups is 1. The quantitative estimate of drug-likeness (QED) is 0.277. The van der Waals surface area contributed by atoms with Crippen molar-refractivity contribution >= 4 is 16.7 Å². The molecule has 0 spiro atoms. The summed E-state index contributed by atoms with van der Waals surface area (Å²) < 4.78 is 33.7. The van der Waals surface area contributed by atoms with Gasteiger partial charge in [0.25, 0.3) is 0 Å². The van der Waals surface area contributed by atoms with Gasteiger partial charge in [-0.1, -0.05) is 24.3 Å². The molecule has 0 heterocycles. The maximum absolute atomic E-state index is 14.6. The summed E-state index contributed by atoms with van der Waals surface area (Å²) in [5.41, 5.74) is 0.815. The summed E-state index contributed by atoms with van der Waals surface area (Å²) in [5, 5.41) is 1.05. The number of hydrogen-bond acceptors (Lipinski definition) is 2. The molecule has 0 unspecified atom stereocenters. The summed E-state index contributed by atoms with van der Waals surface area (Å²) in [6, 6.07) is 14.1. The molecule has 0 atom stereocenters. The van der Waals surface area contributed by atoms with Crippen LogP contribution in [-0.4, -0.2) is 5.97 Å². The lowest BCUT2D eigenvalue weighted by Crippen LogP contribution is -2.14. The van der Waals surface area contributed by atoms with E-state index in [0.717, 1.165) is 31.2 Å². The Balaban J connectivity index is 1.50. The Bertz CT molecular complexity index is 1070. The Morgan fingerprint density at radius 3 is 2.48 bits per heavy atom. The molecule has 148 valence electrons. The van der Waals surface area contributed by atoms with E-state index in [1.807, 2.05) is 12.1 Å². The van der Waals surface area contributed by atoms with Crippen LogP contribution in [0, 0.1) is 17.6 Å². The molecule has 3 aromatic carbocycles. The van der Waals surface area contributed by atoms with Crippen LogP contribution in [0.4, 0.5) is 8.78 Å². The van der Waals surface area contributed by atoms with Crippen molar-refractivity contribution in [2.75, 3.05) is 0 Å². The fourth-order valence-electron chi connectivity index (χ4n) is 4.09. The lowest BCUT2D eigenvalue weighted by atomic mass is 9.78. The number of hydrogen-bond donors (Lipinski definition) is 0. The van der Waals surface area contributed by atoms with E-state index in [1.165, 1.54) is 24.3 Å². The Kier molecular flexibility index (Phi) is 5.43. The molecule has 4 rings (SSSR count). The Labute approximate surface area is 168 Å². The molecule has 3 aromatic rings. The molecule has 0 aromatic heterocycles. The first-order valence-corrected chi connectivity index (χ1v) is 9.87. The molecular formula is C25H22F2O2. The molecule has 1 aliphatic carbocycles. The van der Waals surface area contributed by atoms with Crippen molar-refractivity contribution in [3.63, 3.8) is 0 Å². The van der Waals surface area contributed by atoms with Crippen LogP contribution < -0.4 is 4.74 Å². The van der Waals surface area contributed by atoms with Gasteiger partial charge in [0.2, 0.25) is 0 Å². The highest BCUT2D eigenvalue weighted by Gasteiger charge is 2.23. The van der Waals surface area contributed by atoms with Crippen molar-refractivity contribution in [2.24, 2.45) is 5.92 Å². The third-order valence-electron chi connectivity index (χ3n) is 5.80. The van der Waals surface area contributed by atoms with E-state index in [-0.39, 0.29) is 17.1 Å². The van der Waals surface area contributed by atoms with E-state index in [0.29, 0.717) is 22.6 Å². The molecule has 1 saturated carbocycles. The third-order valence-corrected chi connectivity index (χ3v) is 5.80. The molecule has 0 amide bonds. The highest BCUT2D eigenvalue weighted by Crippen LogP contribution is 2.36. The van der Waals surface area contributed by atoms with Crippen LogP contribution in [-0.2, 0) is 0 Å². The number of halogens is 2. The van der Waals surface area contributed by atoms with Crippen LogP contribution in [0.2, 0.25) is 0 Å². The van der Waals surface area contributed by atoms with Gasteiger partial charge in [-0.2, -0.15) is 0 Å². The van der Waals surface area contributed by atoms with E-state index in [4.69, 9.17) is 4.74 Å². The summed E-state index contributed by atoms with van der Waals surface area (Å²) in [5.74, 6) is -0.587. The summed E-state index contributed by atoms with van der Waals surface area (Å²) in [6.45, 7) is 3.85. The predicted octanol–water partition coefficient (Wildman–Crippen LogP) is 6.80. The van der Waals surface area contributed by atoms with Gasteiger partial charge >= 0.3 is 5.97 Å². The second-order valence-corrected chi connectivity index (χ2v) is 7.60. The topological polar surface area (TPSA) is 26.3 Å². The van der Waals surface area contributed by atoms with Crippen LogP contribution >= 0.6 is 0 Å². The van der Waals surface area contributed by atoms with Gasteiger partial charge in [-0.25, -0.2) is 13.6 Å². The van der Waals surface area contributed by atoms with Crippen LogP contribution in [0.1, 0.15) is 47.5 Å². The van der Waals surface area contributed by atoms with Crippen LogP contribution in [0.15, 0.2) is 67.3 Å². The number of benzene rings is 3. The molecule has 1 aliphatic rings. The first-order chi connectivity index (χ1) is 14.0. The number of allylic oxidation sites excluding steroid dienone is 1. The molecule has 0 saturated heterocycles. The SMILES string of the molecule is C=CC1CCC(c2ccc(C(=O)Oc3ccc4c(F)cccc4c3)c(F)c2)CC1. The largest absolute Gasteiger partial charge is 0.423 e. The van der Waals surface area contributed by atoms with Crippen LogP contribution in [0.25, 0.3) is 10.8 Å². The van der Waals surface area contributed by atoms with E-state index >= 15 is 0 Å². The monoisotopic (exact) mass is 392 g/mol. The molecule has 4 heteroatoms. The fourth-order valence-corrected chi connectivity index (χ4v) is 4.09. The zero-order valence-electron chi connectivity index (χ0n) is 16.0. The lowest BCUT2D eigenvalue weighted by molar-refractivity contribution is 0.0730. The highest BCUT2D eigenvalue weighted by molar-refractivity contribution is 5.92. The van der Waals surface area contributed by atoms with Gasteiger partial charge in [0, 0.05) is 5.39 Å². The Hall–Kier alpha value is -3.01. The van der Waals surface area contributed by atoms with Gasteiger partial charge in [0.1, 0.15) is 17.4 Å². The van der Waals surface area contributed by atoms with Crippen LogP contribution in [0.3, 0.4) is 0 Å². The minimum Gasteiger partial charge on any atom is -0.423 e. The first kappa shape index (κ1) is 19.3. The number of esters is 1. The molecule has 0 bridgehead atoms. The molecular weight excluding hydrogens is 370 g/mol. The maximum Gasteiger partial charge on any atom is 0.346 e. The van der Waals surface area contributed by atoms with E-state index < -0.39 is 11.8 Å². The molecule has 1 fully saturated rings. The van der Waals surface area contributed by atoms with Crippen LogP contribution in [0.5, 0.6) is 5.75 Å². The smallest absolute Gasteiger partial charge is 0.346 e.